The van der Waals surface area contributed by atoms with Crippen molar-refractivity contribution in [1.82, 2.24) is 0 Å². The van der Waals surface area contributed by atoms with Crippen LogP contribution in [0.4, 0.5) is 0 Å². The molecule has 3 nitrogen and oxygen atoms in total. The summed E-state index contributed by atoms with van der Waals surface area (Å²) < 4.78 is 0. The third-order valence-electron chi connectivity index (χ3n) is 2.56. The standard InChI is InChI=1S/C17H24O3/c1-3-4-5-6-7-8-9-12-16(19)13-10-11-14-17(20)15(2)18/h3,9,12,15-20H,1,4-8H2,2H3/b12-9-/t15-,16-,17+/m0/s1. The fourth-order valence-electron chi connectivity index (χ4n) is 1.34. The van der Waals surface area contributed by atoms with Crippen molar-refractivity contribution < 1.29 is 15.3 Å². The van der Waals surface area contributed by atoms with E-state index >= 15 is 0 Å². The SMILES string of the molecule is C=CCCCCC/C=C\[C@H](O)C#CC#C[C@@H](O)[C@H](C)O. The van der Waals surface area contributed by atoms with Gasteiger partial charge in [0.1, 0.15) is 12.2 Å². The number of unbranched alkanes of at least 4 members (excludes halogenated alkanes) is 4. The first-order valence-corrected chi connectivity index (χ1v) is 6.90. The van der Waals surface area contributed by atoms with E-state index in [9.17, 15) is 10.2 Å². The van der Waals surface area contributed by atoms with Gasteiger partial charge in [0.25, 0.3) is 0 Å². The van der Waals surface area contributed by atoms with Gasteiger partial charge < -0.3 is 15.3 Å². The van der Waals surface area contributed by atoms with Gasteiger partial charge in [-0.15, -0.1) is 6.58 Å². The summed E-state index contributed by atoms with van der Waals surface area (Å²) in [5, 5.41) is 27.7. The van der Waals surface area contributed by atoms with Crippen LogP contribution in [-0.4, -0.2) is 33.6 Å². The van der Waals surface area contributed by atoms with E-state index < -0.39 is 18.3 Å². The average molecular weight is 276 g/mol. The predicted octanol–water partition coefficient (Wildman–Crippen LogP) is 1.79. The summed E-state index contributed by atoms with van der Waals surface area (Å²) in [5.74, 6) is 9.74. The van der Waals surface area contributed by atoms with Crippen molar-refractivity contribution >= 4 is 0 Å². The summed E-state index contributed by atoms with van der Waals surface area (Å²) in [5.41, 5.74) is 0. The summed E-state index contributed by atoms with van der Waals surface area (Å²) in [6.07, 6.45) is 7.97. The minimum Gasteiger partial charge on any atom is -0.390 e. The molecular weight excluding hydrogens is 252 g/mol. The van der Waals surface area contributed by atoms with Gasteiger partial charge in [0, 0.05) is 0 Å². The van der Waals surface area contributed by atoms with Crippen molar-refractivity contribution in [3.63, 3.8) is 0 Å². The van der Waals surface area contributed by atoms with E-state index in [4.69, 9.17) is 5.11 Å². The van der Waals surface area contributed by atoms with Crippen LogP contribution >= 0.6 is 0 Å². The van der Waals surface area contributed by atoms with Crippen LogP contribution in [0.1, 0.15) is 39.0 Å². The molecule has 0 saturated heterocycles. The Hall–Kier alpha value is -1.52. The van der Waals surface area contributed by atoms with E-state index in [0.717, 1.165) is 32.1 Å². The van der Waals surface area contributed by atoms with Gasteiger partial charge in [0.2, 0.25) is 0 Å². The molecule has 0 amide bonds. The highest BCUT2D eigenvalue weighted by atomic mass is 16.3. The average Bonchev–Trinajstić information content (AvgIpc) is 2.42. The minimum atomic E-state index is -1.10. The molecule has 0 bridgehead atoms. The quantitative estimate of drug-likeness (QED) is 0.360. The van der Waals surface area contributed by atoms with E-state index in [1.54, 1.807) is 6.08 Å². The van der Waals surface area contributed by atoms with Gasteiger partial charge in [-0.25, -0.2) is 0 Å². The third-order valence-corrected chi connectivity index (χ3v) is 2.56. The van der Waals surface area contributed by atoms with Crippen LogP contribution in [0.3, 0.4) is 0 Å². The first-order valence-electron chi connectivity index (χ1n) is 6.90. The fourth-order valence-corrected chi connectivity index (χ4v) is 1.34. The Morgan fingerprint density at radius 2 is 1.65 bits per heavy atom. The van der Waals surface area contributed by atoms with E-state index in [0.29, 0.717) is 0 Å². The molecular formula is C17H24O3. The van der Waals surface area contributed by atoms with Gasteiger partial charge in [-0.3, -0.25) is 0 Å². The predicted molar refractivity (Wildman–Crippen MR) is 81.7 cm³/mol. The molecule has 0 aliphatic carbocycles. The molecule has 3 heteroatoms. The van der Waals surface area contributed by atoms with E-state index in [1.165, 1.54) is 6.92 Å². The summed E-state index contributed by atoms with van der Waals surface area (Å²) in [4.78, 5) is 0. The Labute approximate surface area is 122 Å². The fraction of sp³-hybridized carbons (Fsp3) is 0.529. The lowest BCUT2D eigenvalue weighted by molar-refractivity contribution is 0.0678. The zero-order valence-corrected chi connectivity index (χ0v) is 12.0. The first-order chi connectivity index (χ1) is 9.57. The van der Waals surface area contributed by atoms with Gasteiger partial charge in [0.05, 0.1) is 6.10 Å². The van der Waals surface area contributed by atoms with Crippen LogP contribution in [0.5, 0.6) is 0 Å². The molecule has 0 unspecified atom stereocenters. The van der Waals surface area contributed by atoms with Crippen molar-refractivity contribution in [2.75, 3.05) is 0 Å². The van der Waals surface area contributed by atoms with Crippen molar-refractivity contribution in [2.45, 2.75) is 57.3 Å². The van der Waals surface area contributed by atoms with Crippen molar-refractivity contribution in [2.24, 2.45) is 0 Å². The largest absolute Gasteiger partial charge is 0.390 e. The molecule has 3 N–H and O–H groups in total. The van der Waals surface area contributed by atoms with Crippen LogP contribution in [0.15, 0.2) is 24.8 Å². The highest BCUT2D eigenvalue weighted by Crippen LogP contribution is 2.04. The number of aliphatic hydroxyl groups excluding tert-OH is 3. The minimum absolute atomic E-state index is 0.846. The number of hydrogen-bond acceptors (Lipinski definition) is 3. The van der Waals surface area contributed by atoms with Crippen LogP contribution in [-0.2, 0) is 0 Å². The molecule has 0 fully saturated rings. The molecule has 0 rings (SSSR count). The van der Waals surface area contributed by atoms with Gasteiger partial charge in [-0.05, 0) is 50.5 Å². The maximum absolute atomic E-state index is 9.51. The summed E-state index contributed by atoms with van der Waals surface area (Å²) in [7, 11) is 0. The Morgan fingerprint density at radius 3 is 2.30 bits per heavy atom. The number of hydrogen-bond donors (Lipinski definition) is 3. The molecule has 110 valence electrons. The normalized spacial score (nSPS) is 14.6. The number of aliphatic hydroxyl groups is 3. The monoisotopic (exact) mass is 276 g/mol. The van der Waals surface area contributed by atoms with Gasteiger partial charge in [0.15, 0.2) is 0 Å². The van der Waals surface area contributed by atoms with Crippen molar-refractivity contribution in [3.8, 4) is 23.7 Å². The molecule has 0 saturated carbocycles. The second-order valence-electron chi connectivity index (χ2n) is 4.52. The Balaban J connectivity index is 3.87. The molecule has 0 spiro atoms. The van der Waals surface area contributed by atoms with Gasteiger partial charge in [-0.2, -0.15) is 0 Å². The molecule has 3 atom stereocenters. The van der Waals surface area contributed by atoms with Crippen molar-refractivity contribution in [1.29, 1.82) is 0 Å². The third kappa shape index (κ3) is 11.6. The topological polar surface area (TPSA) is 60.7 Å². The summed E-state index contributed by atoms with van der Waals surface area (Å²) in [6.45, 7) is 5.11. The second kappa shape index (κ2) is 12.5. The van der Waals surface area contributed by atoms with Crippen LogP contribution in [0.25, 0.3) is 0 Å². The molecule has 0 aromatic carbocycles. The highest BCUT2D eigenvalue weighted by Gasteiger charge is 2.04. The highest BCUT2D eigenvalue weighted by molar-refractivity contribution is 5.30. The molecule has 0 radical (unpaired) electrons. The number of rotatable bonds is 8. The van der Waals surface area contributed by atoms with Crippen LogP contribution < -0.4 is 0 Å². The van der Waals surface area contributed by atoms with Crippen LogP contribution in [0.2, 0.25) is 0 Å². The van der Waals surface area contributed by atoms with Crippen molar-refractivity contribution in [3.05, 3.63) is 24.8 Å². The zero-order valence-electron chi connectivity index (χ0n) is 12.0. The van der Waals surface area contributed by atoms with E-state index in [-0.39, 0.29) is 0 Å². The Morgan fingerprint density at radius 1 is 1.00 bits per heavy atom. The van der Waals surface area contributed by atoms with Crippen LogP contribution in [0, 0.1) is 23.7 Å². The molecule has 0 aliphatic heterocycles. The maximum Gasteiger partial charge on any atom is 0.141 e. The molecule has 0 heterocycles. The Kier molecular flexibility index (Phi) is 11.6. The molecule has 0 aromatic heterocycles. The molecule has 0 aromatic rings. The molecule has 0 aliphatic rings. The lowest BCUT2D eigenvalue weighted by Gasteiger charge is -2.03. The second-order valence-corrected chi connectivity index (χ2v) is 4.52. The molecule has 20 heavy (non-hydrogen) atoms. The van der Waals surface area contributed by atoms with Gasteiger partial charge in [-0.1, -0.05) is 30.4 Å². The van der Waals surface area contributed by atoms with E-state index in [2.05, 4.69) is 30.3 Å². The maximum atomic E-state index is 9.51. The van der Waals surface area contributed by atoms with E-state index in [1.807, 2.05) is 12.2 Å². The van der Waals surface area contributed by atoms with Gasteiger partial charge >= 0.3 is 0 Å². The zero-order chi connectivity index (χ0) is 15.2. The first kappa shape index (κ1) is 18.5. The summed E-state index contributed by atoms with van der Waals surface area (Å²) in [6, 6.07) is 0. The number of allylic oxidation sites excluding steroid dienone is 2. The smallest absolute Gasteiger partial charge is 0.141 e. The lowest BCUT2D eigenvalue weighted by Crippen LogP contribution is -2.19. The summed E-state index contributed by atoms with van der Waals surface area (Å²) >= 11 is 0. The lowest BCUT2D eigenvalue weighted by atomic mass is 10.1. The Bertz CT molecular complexity index is 401.